The van der Waals surface area contributed by atoms with Crippen LogP contribution < -0.4 is 14.8 Å². The Balaban J connectivity index is 1.88. The van der Waals surface area contributed by atoms with Crippen LogP contribution >= 0.6 is 11.6 Å². The van der Waals surface area contributed by atoms with E-state index in [-0.39, 0.29) is 0 Å². The lowest BCUT2D eigenvalue weighted by atomic mass is 10.2. The maximum Gasteiger partial charge on any atom is 0.331 e. The Bertz CT molecular complexity index is 846. The first kappa shape index (κ1) is 20.3. The highest BCUT2D eigenvalue weighted by Gasteiger charge is 2.11. The molecule has 0 aliphatic rings. The lowest BCUT2D eigenvalue weighted by molar-refractivity contribution is -0.142. The van der Waals surface area contributed by atoms with Gasteiger partial charge in [-0.15, -0.1) is 0 Å². The number of methoxy groups -OCH3 is 2. The number of aryl methyl sites for hydroxylation is 1. The molecule has 0 radical (unpaired) electrons. The first-order chi connectivity index (χ1) is 12.9. The van der Waals surface area contributed by atoms with Gasteiger partial charge in [0.05, 0.1) is 19.9 Å². The summed E-state index contributed by atoms with van der Waals surface area (Å²) in [5.41, 5.74) is 2.04. The van der Waals surface area contributed by atoms with Crippen LogP contribution in [0.5, 0.6) is 11.5 Å². The molecule has 2 rings (SSSR count). The summed E-state index contributed by atoms with van der Waals surface area (Å²) < 4.78 is 15.2. The number of benzene rings is 2. The zero-order valence-electron chi connectivity index (χ0n) is 15.2. The van der Waals surface area contributed by atoms with Gasteiger partial charge in [-0.2, -0.15) is 0 Å². The van der Waals surface area contributed by atoms with Crippen LogP contribution in [0.25, 0.3) is 6.08 Å². The molecule has 2 aromatic carbocycles. The Morgan fingerprint density at radius 3 is 2.44 bits per heavy atom. The van der Waals surface area contributed by atoms with Crippen LogP contribution in [-0.4, -0.2) is 32.7 Å². The second-order valence-corrected chi connectivity index (χ2v) is 5.97. The number of nitrogens with one attached hydrogen (secondary N) is 1. The summed E-state index contributed by atoms with van der Waals surface area (Å²) in [6.45, 7) is 1.39. The molecule has 0 saturated carbocycles. The second kappa shape index (κ2) is 9.64. The largest absolute Gasteiger partial charge is 0.497 e. The van der Waals surface area contributed by atoms with Crippen LogP contribution in [0.15, 0.2) is 42.5 Å². The van der Waals surface area contributed by atoms with E-state index in [4.69, 9.17) is 25.8 Å². The zero-order valence-corrected chi connectivity index (χ0v) is 16.0. The zero-order chi connectivity index (χ0) is 19.8. The monoisotopic (exact) mass is 389 g/mol. The minimum Gasteiger partial charge on any atom is -0.497 e. The Morgan fingerprint density at radius 1 is 1.11 bits per heavy atom. The Labute approximate surface area is 162 Å². The van der Waals surface area contributed by atoms with E-state index in [9.17, 15) is 9.59 Å². The number of hydrogen-bond acceptors (Lipinski definition) is 5. The van der Waals surface area contributed by atoms with Gasteiger partial charge in [0.1, 0.15) is 11.5 Å². The van der Waals surface area contributed by atoms with Crippen LogP contribution in [0, 0.1) is 6.92 Å². The van der Waals surface area contributed by atoms with Gasteiger partial charge in [0, 0.05) is 17.2 Å². The van der Waals surface area contributed by atoms with Crippen molar-refractivity contribution >= 4 is 35.2 Å². The fourth-order valence-electron chi connectivity index (χ4n) is 2.18. The van der Waals surface area contributed by atoms with Crippen molar-refractivity contribution in [2.45, 2.75) is 6.92 Å². The summed E-state index contributed by atoms with van der Waals surface area (Å²) in [4.78, 5) is 23.8. The second-order valence-electron chi connectivity index (χ2n) is 5.56. The van der Waals surface area contributed by atoms with Crippen LogP contribution in [0.1, 0.15) is 11.1 Å². The van der Waals surface area contributed by atoms with Gasteiger partial charge in [-0.25, -0.2) is 4.79 Å². The van der Waals surface area contributed by atoms with Crippen LogP contribution in [0.4, 0.5) is 5.69 Å². The van der Waals surface area contributed by atoms with Crippen molar-refractivity contribution in [1.29, 1.82) is 0 Å². The van der Waals surface area contributed by atoms with Crippen molar-refractivity contribution < 1.29 is 23.8 Å². The molecule has 0 atom stereocenters. The highest BCUT2D eigenvalue weighted by molar-refractivity contribution is 6.31. The summed E-state index contributed by atoms with van der Waals surface area (Å²) in [6.07, 6.45) is 2.84. The predicted octanol–water partition coefficient (Wildman–Crippen LogP) is 3.86. The minimum absolute atomic E-state index is 0.420. The molecule has 7 heteroatoms. The number of hydrogen-bond donors (Lipinski definition) is 1. The van der Waals surface area contributed by atoms with Gasteiger partial charge in [0.25, 0.3) is 5.91 Å². The molecule has 0 aliphatic heterocycles. The van der Waals surface area contributed by atoms with E-state index in [0.717, 1.165) is 16.9 Å². The van der Waals surface area contributed by atoms with Gasteiger partial charge in [-0.05, 0) is 42.3 Å². The number of carbonyl (C=O) groups is 2. The summed E-state index contributed by atoms with van der Waals surface area (Å²) in [6, 6.07) is 10.4. The Hall–Kier alpha value is -2.99. The van der Waals surface area contributed by atoms with Gasteiger partial charge < -0.3 is 19.5 Å². The maximum atomic E-state index is 12.0. The van der Waals surface area contributed by atoms with Crippen LogP contribution in [0.3, 0.4) is 0 Å². The number of anilines is 1. The SMILES string of the molecule is COc1ccc(/C=C/C(=O)OCC(=O)Nc2cc(C)c(Cl)cc2OC)cc1. The van der Waals surface area contributed by atoms with Crippen molar-refractivity contribution in [3.8, 4) is 11.5 Å². The smallest absolute Gasteiger partial charge is 0.331 e. The van der Waals surface area contributed by atoms with E-state index in [1.54, 1.807) is 56.5 Å². The van der Waals surface area contributed by atoms with Crippen molar-refractivity contribution in [3.63, 3.8) is 0 Å². The number of amides is 1. The third-order valence-electron chi connectivity index (χ3n) is 3.63. The number of ether oxygens (including phenoxy) is 3. The van der Waals surface area contributed by atoms with Crippen molar-refractivity contribution in [2.75, 3.05) is 26.1 Å². The molecule has 6 nitrogen and oxygen atoms in total. The van der Waals surface area contributed by atoms with Gasteiger partial charge in [0.15, 0.2) is 6.61 Å². The normalized spacial score (nSPS) is 10.5. The predicted molar refractivity (Wildman–Crippen MR) is 104 cm³/mol. The van der Waals surface area contributed by atoms with Gasteiger partial charge in [-0.1, -0.05) is 23.7 Å². The van der Waals surface area contributed by atoms with Crippen molar-refractivity contribution in [1.82, 2.24) is 0 Å². The van der Waals surface area contributed by atoms with Gasteiger partial charge in [-0.3, -0.25) is 4.79 Å². The average Bonchev–Trinajstić information content (AvgIpc) is 2.67. The topological polar surface area (TPSA) is 73.9 Å². The molecule has 0 unspecified atom stereocenters. The van der Waals surface area contributed by atoms with E-state index >= 15 is 0 Å². The molecular formula is C20H20ClNO5. The quantitative estimate of drug-likeness (QED) is 0.575. The lowest BCUT2D eigenvalue weighted by Crippen LogP contribution is -2.20. The van der Waals surface area contributed by atoms with Crippen molar-refractivity contribution in [2.24, 2.45) is 0 Å². The van der Waals surface area contributed by atoms with E-state index < -0.39 is 18.5 Å². The van der Waals surface area contributed by atoms with Crippen molar-refractivity contribution in [3.05, 3.63) is 58.6 Å². The molecule has 1 N–H and O–H groups in total. The number of rotatable bonds is 7. The fraction of sp³-hybridized carbons (Fsp3) is 0.200. The standard InChI is InChI=1S/C20H20ClNO5/c1-13-10-17(18(26-3)11-16(13)21)22-19(23)12-27-20(24)9-6-14-4-7-15(25-2)8-5-14/h4-11H,12H2,1-3H3,(H,22,23)/b9-6+. The lowest BCUT2D eigenvalue weighted by Gasteiger charge is -2.12. The summed E-state index contributed by atoms with van der Waals surface area (Å²) in [5, 5.41) is 3.16. The fourth-order valence-corrected chi connectivity index (χ4v) is 2.33. The maximum absolute atomic E-state index is 12.0. The number of halogens is 1. The number of esters is 1. The molecule has 0 aromatic heterocycles. The Kier molecular flexibility index (Phi) is 7.25. The van der Waals surface area contributed by atoms with Gasteiger partial charge >= 0.3 is 5.97 Å². The highest BCUT2D eigenvalue weighted by Crippen LogP contribution is 2.30. The van der Waals surface area contributed by atoms with Crippen LogP contribution in [-0.2, 0) is 14.3 Å². The Morgan fingerprint density at radius 2 is 1.81 bits per heavy atom. The highest BCUT2D eigenvalue weighted by atomic mass is 35.5. The van der Waals surface area contributed by atoms with Gasteiger partial charge in [0.2, 0.25) is 0 Å². The first-order valence-electron chi connectivity index (χ1n) is 8.06. The summed E-state index contributed by atoms with van der Waals surface area (Å²) >= 11 is 6.03. The van der Waals surface area contributed by atoms with E-state index in [2.05, 4.69) is 5.32 Å². The summed E-state index contributed by atoms with van der Waals surface area (Å²) in [5.74, 6) is 0.0328. The average molecular weight is 390 g/mol. The van der Waals surface area contributed by atoms with E-state index in [1.807, 2.05) is 0 Å². The summed E-state index contributed by atoms with van der Waals surface area (Å²) in [7, 11) is 3.05. The van der Waals surface area contributed by atoms with Crippen LogP contribution in [0.2, 0.25) is 5.02 Å². The molecule has 2 aromatic rings. The molecule has 0 fully saturated rings. The first-order valence-corrected chi connectivity index (χ1v) is 8.43. The molecule has 0 aliphatic carbocycles. The molecule has 142 valence electrons. The van der Waals surface area contributed by atoms with E-state index in [0.29, 0.717) is 16.5 Å². The molecule has 0 saturated heterocycles. The molecule has 1 amide bonds. The molecular weight excluding hydrogens is 370 g/mol. The third kappa shape index (κ3) is 6.04. The minimum atomic E-state index is -0.625. The molecule has 0 spiro atoms. The molecule has 27 heavy (non-hydrogen) atoms. The number of carbonyl (C=O) groups excluding carboxylic acids is 2. The molecule has 0 heterocycles. The van der Waals surface area contributed by atoms with E-state index in [1.165, 1.54) is 13.2 Å². The third-order valence-corrected chi connectivity index (χ3v) is 4.04. The molecule has 0 bridgehead atoms.